The van der Waals surface area contributed by atoms with Crippen LogP contribution < -0.4 is 10.1 Å². The lowest BCUT2D eigenvalue weighted by Crippen LogP contribution is -2.50. The molecule has 3 amide bonds. The Bertz CT molecular complexity index is 852. The number of carbonyl (C=O) groups is 3. The zero-order valence-corrected chi connectivity index (χ0v) is 17.4. The molecule has 0 aliphatic carbocycles. The van der Waals surface area contributed by atoms with Gasteiger partial charge in [0.25, 0.3) is 5.91 Å². The molecule has 0 bridgehead atoms. The van der Waals surface area contributed by atoms with Gasteiger partial charge in [0.2, 0.25) is 11.8 Å². The first-order valence-electron chi connectivity index (χ1n) is 10.4. The normalized spacial score (nSPS) is 26.7. The van der Waals surface area contributed by atoms with Gasteiger partial charge in [0.15, 0.2) is 0 Å². The predicted octanol–water partition coefficient (Wildman–Crippen LogP) is 1.60. The summed E-state index contributed by atoms with van der Waals surface area (Å²) < 4.78 is 5.26. The van der Waals surface area contributed by atoms with Crippen molar-refractivity contribution < 1.29 is 19.1 Å². The molecule has 1 N–H and O–H groups in total. The molecule has 2 fully saturated rings. The zero-order chi connectivity index (χ0) is 20.8. The molecule has 7 nitrogen and oxygen atoms in total. The van der Waals surface area contributed by atoms with E-state index in [2.05, 4.69) is 5.32 Å². The summed E-state index contributed by atoms with van der Waals surface area (Å²) in [6.07, 6.45) is 2.61. The minimum absolute atomic E-state index is 0.0380. The van der Waals surface area contributed by atoms with Crippen molar-refractivity contribution in [2.75, 3.05) is 26.7 Å². The molecule has 3 aliphatic rings. The Labute approximate surface area is 171 Å². The van der Waals surface area contributed by atoms with E-state index in [-0.39, 0.29) is 36.1 Å². The lowest BCUT2D eigenvalue weighted by atomic mass is 9.91. The first-order chi connectivity index (χ1) is 13.8. The van der Waals surface area contributed by atoms with Crippen LogP contribution in [0.4, 0.5) is 0 Å². The molecule has 4 rings (SSSR count). The maximum Gasteiger partial charge on any atom is 0.252 e. The molecule has 3 aliphatic heterocycles. The summed E-state index contributed by atoms with van der Waals surface area (Å²) in [6, 6.07) is 5.73. The van der Waals surface area contributed by atoms with Crippen LogP contribution in [0.1, 0.15) is 49.0 Å². The van der Waals surface area contributed by atoms with E-state index >= 15 is 0 Å². The smallest absolute Gasteiger partial charge is 0.252 e. The zero-order valence-electron chi connectivity index (χ0n) is 17.4. The number of hydrogen-bond acceptors (Lipinski definition) is 4. The van der Waals surface area contributed by atoms with Gasteiger partial charge in [0.05, 0.1) is 18.6 Å². The summed E-state index contributed by atoms with van der Waals surface area (Å²) in [5, 5.41) is 3.21. The SMILES string of the molecule is COc1ccc2c(c1)C(=O)N[C@@]1(CC2)CCN(C(=O)[C@H]2CC(=O)N(C(C)C)C2)C1. The topological polar surface area (TPSA) is 79.0 Å². The molecule has 2 atom stereocenters. The second kappa shape index (κ2) is 7.35. The Balaban J connectivity index is 1.46. The van der Waals surface area contributed by atoms with Gasteiger partial charge in [-0.05, 0) is 50.8 Å². The maximum atomic E-state index is 13.1. The van der Waals surface area contributed by atoms with Crippen LogP contribution in [0.25, 0.3) is 0 Å². The lowest BCUT2D eigenvalue weighted by Gasteiger charge is -2.29. The fourth-order valence-electron chi connectivity index (χ4n) is 4.88. The van der Waals surface area contributed by atoms with Gasteiger partial charge >= 0.3 is 0 Å². The molecule has 7 heteroatoms. The monoisotopic (exact) mass is 399 g/mol. The van der Waals surface area contributed by atoms with Gasteiger partial charge in [-0.25, -0.2) is 0 Å². The fourth-order valence-corrected chi connectivity index (χ4v) is 4.88. The van der Waals surface area contributed by atoms with Crippen LogP contribution >= 0.6 is 0 Å². The van der Waals surface area contributed by atoms with E-state index in [1.165, 1.54) is 0 Å². The molecule has 3 heterocycles. The summed E-state index contributed by atoms with van der Waals surface area (Å²) in [6.45, 7) is 5.57. The minimum Gasteiger partial charge on any atom is -0.497 e. The molecule has 1 aromatic rings. The fraction of sp³-hybridized carbons (Fsp3) is 0.591. The summed E-state index contributed by atoms with van der Waals surface area (Å²) in [4.78, 5) is 41.8. The number of rotatable bonds is 3. The van der Waals surface area contributed by atoms with Crippen LogP contribution in [0.2, 0.25) is 0 Å². The number of likely N-dealkylation sites (tertiary alicyclic amines) is 2. The number of nitrogens with one attached hydrogen (secondary N) is 1. The van der Waals surface area contributed by atoms with E-state index in [1.807, 2.05) is 30.9 Å². The van der Waals surface area contributed by atoms with Crippen molar-refractivity contribution in [3.05, 3.63) is 29.3 Å². The number of benzene rings is 1. The highest BCUT2D eigenvalue weighted by atomic mass is 16.5. The molecule has 1 aromatic carbocycles. The Morgan fingerprint density at radius 3 is 2.76 bits per heavy atom. The van der Waals surface area contributed by atoms with Gasteiger partial charge in [-0.3, -0.25) is 14.4 Å². The third-order valence-electron chi connectivity index (χ3n) is 6.61. The van der Waals surface area contributed by atoms with Gasteiger partial charge in [0.1, 0.15) is 5.75 Å². The molecule has 1 spiro atoms. The highest BCUT2D eigenvalue weighted by molar-refractivity contribution is 5.97. The van der Waals surface area contributed by atoms with Gasteiger partial charge < -0.3 is 19.9 Å². The largest absolute Gasteiger partial charge is 0.497 e. The van der Waals surface area contributed by atoms with Crippen molar-refractivity contribution >= 4 is 17.7 Å². The molecule has 0 unspecified atom stereocenters. The number of fused-ring (bicyclic) bond motifs is 1. The van der Waals surface area contributed by atoms with Crippen molar-refractivity contribution in [1.82, 2.24) is 15.1 Å². The van der Waals surface area contributed by atoms with E-state index in [0.29, 0.717) is 30.9 Å². The molecular formula is C22H29N3O4. The maximum absolute atomic E-state index is 13.1. The second-order valence-electron chi connectivity index (χ2n) is 8.81. The molecule has 0 aromatic heterocycles. The van der Waals surface area contributed by atoms with Crippen LogP contribution in [0.5, 0.6) is 5.75 Å². The van der Waals surface area contributed by atoms with Crippen LogP contribution in [0, 0.1) is 5.92 Å². The lowest BCUT2D eigenvalue weighted by molar-refractivity contribution is -0.135. The summed E-state index contributed by atoms with van der Waals surface area (Å²) in [5.74, 6) is 0.380. The van der Waals surface area contributed by atoms with E-state index < -0.39 is 5.54 Å². The van der Waals surface area contributed by atoms with Crippen LogP contribution in [-0.2, 0) is 16.0 Å². The standard InChI is InChI=1S/C22H29N3O4/c1-14(2)25-12-16(10-19(25)26)21(28)24-9-8-22(13-24)7-6-15-4-5-17(29-3)11-18(15)20(27)23-22/h4-5,11,14,16H,6-10,12-13H2,1-3H3,(H,23,27)/t16-,22-/m0/s1. The first-order valence-corrected chi connectivity index (χ1v) is 10.4. The Morgan fingerprint density at radius 2 is 2.07 bits per heavy atom. The van der Waals surface area contributed by atoms with Crippen molar-refractivity contribution in [2.45, 2.75) is 51.1 Å². The van der Waals surface area contributed by atoms with Gasteiger partial charge in [-0.2, -0.15) is 0 Å². The number of nitrogens with zero attached hydrogens (tertiary/aromatic N) is 2. The van der Waals surface area contributed by atoms with E-state index in [4.69, 9.17) is 4.74 Å². The van der Waals surface area contributed by atoms with Gasteiger partial charge in [-0.15, -0.1) is 0 Å². The molecule has 0 radical (unpaired) electrons. The molecule has 29 heavy (non-hydrogen) atoms. The number of amides is 3. The Kier molecular flexibility index (Phi) is 5.00. The summed E-state index contributed by atoms with van der Waals surface area (Å²) in [5.41, 5.74) is 1.26. The van der Waals surface area contributed by atoms with Gasteiger partial charge in [-0.1, -0.05) is 6.07 Å². The van der Waals surface area contributed by atoms with Crippen molar-refractivity contribution in [3.63, 3.8) is 0 Å². The third-order valence-corrected chi connectivity index (χ3v) is 6.61. The molecule has 2 saturated heterocycles. The Morgan fingerprint density at radius 1 is 1.28 bits per heavy atom. The Hall–Kier alpha value is -2.57. The third kappa shape index (κ3) is 3.58. The molecule has 0 saturated carbocycles. The van der Waals surface area contributed by atoms with Gasteiger partial charge in [0, 0.05) is 37.7 Å². The van der Waals surface area contributed by atoms with E-state index in [9.17, 15) is 14.4 Å². The molecule has 156 valence electrons. The quantitative estimate of drug-likeness (QED) is 0.837. The molecular weight excluding hydrogens is 370 g/mol. The minimum atomic E-state index is -0.403. The highest BCUT2D eigenvalue weighted by Crippen LogP contribution is 2.33. The highest BCUT2D eigenvalue weighted by Gasteiger charge is 2.45. The van der Waals surface area contributed by atoms with Crippen molar-refractivity contribution in [3.8, 4) is 5.75 Å². The average molecular weight is 399 g/mol. The van der Waals surface area contributed by atoms with E-state index in [1.54, 1.807) is 18.1 Å². The summed E-state index contributed by atoms with van der Waals surface area (Å²) >= 11 is 0. The number of methoxy groups -OCH3 is 1. The average Bonchev–Trinajstić information content (AvgIpc) is 3.26. The summed E-state index contributed by atoms with van der Waals surface area (Å²) in [7, 11) is 1.59. The first kappa shape index (κ1) is 19.7. The van der Waals surface area contributed by atoms with E-state index in [0.717, 1.165) is 24.8 Å². The van der Waals surface area contributed by atoms with Crippen LogP contribution in [0.3, 0.4) is 0 Å². The van der Waals surface area contributed by atoms with Crippen molar-refractivity contribution in [1.29, 1.82) is 0 Å². The second-order valence-corrected chi connectivity index (χ2v) is 8.81. The predicted molar refractivity (Wildman–Crippen MR) is 108 cm³/mol. The van der Waals surface area contributed by atoms with Crippen LogP contribution in [0.15, 0.2) is 18.2 Å². The number of ether oxygens (including phenoxy) is 1. The van der Waals surface area contributed by atoms with Crippen LogP contribution in [-0.4, -0.2) is 65.8 Å². The number of hydrogen-bond donors (Lipinski definition) is 1. The number of aryl methyl sites for hydroxylation is 1. The van der Waals surface area contributed by atoms with Crippen molar-refractivity contribution in [2.24, 2.45) is 5.92 Å². The number of carbonyl (C=O) groups excluding carboxylic acids is 3.